The molecule has 0 amide bonds. The van der Waals surface area contributed by atoms with Crippen LogP contribution in [-0.2, 0) is 12.1 Å². The van der Waals surface area contributed by atoms with Gasteiger partial charge >= 0.3 is 6.01 Å². The standard InChI is InChI=1S/C23H31N3O4/c1-4-29-21-18(12-24-22(25-21)30-5-2)23(27)11-10-16-13-26(15-19(16)23)14-17-8-6-7-9-20(17)28-3/h6-9,12,16,19,27H,4-5,10-11,13-15H2,1-3H3/t16-,19+,23+/m0/s1. The van der Waals surface area contributed by atoms with Crippen molar-refractivity contribution in [1.29, 1.82) is 0 Å². The summed E-state index contributed by atoms with van der Waals surface area (Å²) < 4.78 is 16.7. The van der Waals surface area contributed by atoms with E-state index < -0.39 is 5.60 Å². The van der Waals surface area contributed by atoms with Gasteiger partial charge in [-0.1, -0.05) is 18.2 Å². The molecule has 1 saturated carbocycles. The van der Waals surface area contributed by atoms with Crippen LogP contribution in [0, 0.1) is 11.8 Å². The van der Waals surface area contributed by atoms with Gasteiger partial charge in [0.25, 0.3) is 0 Å². The summed E-state index contributed by atoms with van der Waals surface area (Å²) in [5, 5.41) is 11.8. The molecule has 162 valence electrons. The average molecular weight is 414 g/mol. The Labute approximate surface area is 178 Å². The first-order chi connectivity index (χ1) is 14.6. The van der Waals surface area contributed by atoms with Gasteiger partial charge in [-0.15, -0.1) is 0 Å². The molecular formula is C23H31N3O4. The number of aliphatic hydroxyl groups is 1. The number of methoxy groups -OCH3 is 1. The maximum Gasteiger partial charge on any atom is 0.319 e. The summed E-state index contributed by atoms with van der Waals surface area (Å²) in [6, 6.07) is 8.41. The fourth-order valence-electron chi connectivity index (χ4n) is 5.02. The lowest BCUT2D eigenvalue weighted by Gasteiger charge is -2.31. The van der Waals surface area contributed by atoms with E-state index in [1.807, 2.05) is 32.0 Å². The van der Waals surface area contributed by atoms with Gasteiger partial charge in [0.2, 0.25) is 5.88 Å². The SMILES string of the molecule is CCOc1ncc([C@]2(O)CC[C@H]3CN(Cc4ccccc4OC)C[C@H]32)c(OCC)n1. The van der Waals surface area contributed by atoms with Gasteiger partial charge in [-0.05, 0) is 38.7 Å². The fraction of sp³-hybridized carbons (Fsp3) is 0.565. The first-order valence-electron chi connectivity index (χ1n) is 10.8. The van der Waals surface area contributed by atoms with Crippen molar-refractivity contribution >= 4 is 0 Å². The third-order valence-corrected chi connectivity index (χ3v) is 6.37. The van der Waals surface area contributed by atoms with E-state index in [4.69, 9.17) is 14.2 Å². The van der Waals surface area contributed by atoms with Gasteiger partial charge in [0.1, 0.15) is 11.4 Å². The highest BCUT2D eigenvalue weighted by molar-refractivity contribution is 5.35. The highest BCUT2D eigenvalue weighted by Gasteiger charge is 2.54. The number of nitrogens with zero attached hydrogens (tertiary/aromatic N) is 3. The van der Waals surface area contributed by atoms with Gasteiger partial charge in [0.15, 0.2) is 0 Å². The second-order valence-corrected chi connectivity index (χ2v) is 8.07. The number of aromatic nitrogens is 2. The quantitative estimate of drug-likeness (QED) is 0.713. The molecule has 1 aromatic heterocycles. The lowest BCUT2D eigenvalue weighted by atomic mass is 9.83. The minimum Gasteiger partial charge on any atom is -0.496 e. The van der Waals surface area contributed by atoms with E-state index in [0.29, 0.717) is 37.0 Å². The molecule has 0 spiro atoms. The normalized spacial score (nSPS) is 25.9. The fourth-order valence-corrected chi connectivity index (χ4v) is 5.02. The van der Waals surface area contributed by atoms with E-state index in [9.17, 15) is 5.11 Å². The van der Waals surface area contributed by atoms with Crippen LogP contribution in [-0.4, -0.2) is 53.4 Å². The molecule has 3 atom stereocenters. The Morgan fingerprint density at radius 2 is 1.97 bits per heavy atom. The molecule has 2 aromatic rings. The molecular weight excluding hydrogens is 382 g/mol. The molecule has 2 heterocycles. The van der Waals surface area contributed by atoms with Gasteiger partial charge in [0, 0.05) is 37.3 Å². The number of hydrogen-bond acceptors (Lipinski definition) is 7. The number of fused-ring (bicyclic) bond motifs is 1. The van der Waals surface area contributed by atoms with E-state index in [1.54, 1.807) is 13.3 Å². The van der Waals surface area contributed by atoms with Crippen LogP contribution < -0.4 is 14.2 Å². The van der Waals surface area contributed by atoms with Crippen LogP contribution in [0.2, 0.25) is 0 Å². The van der Waals surface area contributed by atoms with Crippen LogP contribution >= 0.6 is 0 Å². The molecule has 0 unspecified atom stereocenters. The smallest absolute Gasteiger partial charge is 0.319 e. The second-order valence-electron chi connectivity index (χ2n) is 8.07. The number of ether oxygens (including phenoxy) is 3. The second kappa shape index (κ2) is 8.78. The molecule has 0 bridgehead atoms. The molecule has 1 aliphatic heterocycles. The molecule has 0 radical (unpaired) electrons. The lowest BCUT2D eigenvalue weighted by molar-refractivity contribution is -0.0102. The Morgan fingerprint density at radius 3 is 2.73 bits per heavy atom. The Hall–Kier alpha value is -2.38. The van der Waals surface area contributed by atoms with E-state index in [1.165, 1.54) is 5.56 Å². The average Bonchev–Trinajstić information content (AvgIpc) is 3.29. The third-order valence-electron chi connectivity index (χ3n) is 6.37. The number of rotatable bonds is 8. The van der Waals surface area contributed by atoms with Gasteiger partial charge in [-0.25, -0.2) is 4.98 Å². The topological polar surface area (TPSA) is 76.9 Å². The van der Waals surface area contributed by atoms with Gasteiger partial charge in [0.05, 0.1) is 25.9 Å². The van der Waals surface area contributed by atoms with Gasteiger partial charge < -0.3 is 19.3 Å². The number of likely N-dealkylation sites (tertiary alicyclic amines) is 1. The molecule has 7 nitrogen and oxygen atoms in total. The highest BCUT2D eigenvalue weighted by atomic mass is 16.5. The zero-order chi connectivity index (χ0) is 21.1. The molecule has 2 fully saturated rings. The van der Waals surface area contributed by atoms with Crippen molar-refractivity contribution in [3.8, 4) is 17.6 Å². The number of para-hydroxylation sites is 1. The molecule has 30 heavy (non-hydrogen) atoms. The van der Waals surface area contributed by atoms with Crippen molar-refractivity contribution in [2.45, 2.75) is 38.8 Å². The van der Waals surface area contributed by atoms with Crippen molar-refractivity contribution in [2.24, 2.45) is 11.8 Å². The summed E-state index contributed by atoms with van der Waals surface area (Å²) in [6.07, 6.45) is 3.36. The molecule has 7 heteroatoms. The van der Waals surface area contributed by atoms with Crippen molar-refractivity contribution in [3.05, 3.63) is 41.6 Å². The summed E-state index contributed by atoms with van der Waals surface area (Å²) in [6.45, 7) is 7.35. The molecule has 2 aliphatic rings. The van der Waals surface area contributed by atoms with Crippen LogP contribution in [0.1, 0.15) is 37.8 Å². The van der Waals surface area contributed by atoms with Gasteiger partial charge in [-0.2, -0.15) is 4.98 Å². The Morgan fingerprint density at radius 1 is 1.17 bits per heavy atom. The first-order valence-corrected chi connectivity index (χ1v) is 10.8. The lowest BCUT2D eigenvalue weighted by Crippen LogP contribution is -2.35. The maximum absolute atomic E-state index is 11.8. The predicted molar refractivity (Wildman–Crippen MR) is 113 cm³/mol. The number of benzene rings is 1. The van der Waals surface area contributed by atoms with Crippen molar-refractivity contribution in [3.63, 3.8) is 0 Å². The van der Waals surface area contributed by atoms with E-state index in [-0.39, 0.29) is 11.9 Å². The summed E-state index contributed by atoms with van der Waals surface area (Å²) in [7, 11) is 1.71. The highest BCUT2D eigenvalue weighted by Crippen LogP contribution is 2.52. The first kappa shape index (κ1) is 20.9. The van der Waals surface area contributed by atoms with E-state index in [0.717, 1.165) is 31.8 Å². The zero-order valence-corrected chi connectivity index (χ0v) is 18.0. The minimum absolute atomic E-state index is 0.118. The molecule has 1 saturated heterocycles. The van der Waals surface area contributed by atoms with Crippen LogP contribution in [0.4, 0.5) is 0 Å². The summed E-state index contributed by atoms with van der Waals surface area (Å²) in [5.74, 6) is 1.89. The summed E-state index contributed by atoms with van der Waals surface area (Å²) in [4.78, 5) is 11.2. The minimum atomic E-state index is -0.991. The van der Waals surface area contributed by atoms with Crippen LogP contribution in [0.5, 0.6) is 17.6 Å². The molecule has 4 rings (SSSR count). The Balaban J connectivity index is 1.56. The van der Waals surface area contributed by atoms with Crippen LogP contribution in [0.25, 0.3) is 0 Å². The summed E-state index contributed by atoms with van der Waals surface area (Å²) >= 11 is 0. The van der Waals surface area contributed by atoms with Crippen molar-refractivity contribution in [2.75, 3.05) is 33.4 Å². The van der Waals surface area contributed by atoms with Crippen molar-refractivity contribution < 1.29 is 19.3 Å². The van der Waals surface area contributed by atoms with E-state index >= 15 is 0 Å². The van der Waals surface area contributed by atoms with Gasteiger partial charge in [-0.3, -0.25) is 4.90 Å². The molecule has 1 aromatic carbocycles. The zero-order valence-electron chi connectivity index (χ0n) is 18.0. The Kier molecular flexibility index (Phi) is 6.11. The molecule has 1 aliphatic carbocycles. The third kappa shape index (κ3) is 3.84. The summed E-state index contributed by atoms with van der Waals surface area (Å²) in [5.41, 5.74) is 0.859. The monoisotopic (exact) mass is 413 g/mol. The van der Waals surface area contributed by atoms with Crippen molar-refractivity contribution in [1.82, 2.24) is 14.9 Å². The maximum atomic E-state index is 11.8. The Bertz CT molecular complexity index is 877. The molecule has 1 N–H and O–H groups in total. The largest absolute Gasteiger partial charge is 0.496 e. The number of hydrogen-bond donors (Lipinski definition) is 1. The predicted octanol–water partition coefficient (Wildman–Crippen LogP) is 3.01. The van der Waals surface area contributed by atoms with Crippen LogP contribution in [0.15, 0.2) is 30.5 Å². The van der Waals surface area contributed by atoms with Crippen LogP contribution in [0.3, 0.4) is 0 Å². The van der Waals surface area contributed by atoms with E-state index in [2.05, 4.69) is 20.9 Å².